The highest BCUT2D eigenvalue weighted by atomic mass is 35.5. The Balaban J connectivity index is 1.61. The van der Waals surface area contributed by atoms with E-state index in [1.54, 1.807) is 29.6 Å². The highest BCUT2D eigenvalue weighted by Gasteiger charge is 2.21. The largest absolute Gasteiger partial charge is 0.448 e. The third-order valence-corrected chi connectivity index (χ3v) is 4.64. The second-order valence-electron chi connectivity index (χ2n) is 5.45. The van der Waals surface area contributed by atoms with Gasteiger partial charge in [0.05, 0.1) is 0 Å². The number of carbonyl (C=O) groups excluding carboxylic acids is 2. The number of anilines is 1. The summed E-state index contributed by atoms with van der Waals surface area (Å²) in [6, 6.07) is 16.2. The van der Waals surface area contributed by atoms with Crippen LogP contribution < -0.4 is 5.32 Å². The fraction of sp³-hybridized carbons (Fsp3) is 0.105. The zero-order chi connectivity index (χ0) is 18.5. The topological polar surface area (TPSA) is 68.3 Å². The smallest absolute Gasteiger partial charge is 0.358 e. The van der Waals surface area contributed by atoms with Crippen LogP contribution in [0.15, 0.2) is 60.0 Å². The molecule has 1 heterocycles. The lowest BCUT2D eigenvalue weighted by molar-refractivity contribution is -0.123. The number of rotatable bonds is 5. The summed E-state index contributed by atoms with van der Waals surface area (Å²) in [5.74, 6) is -1.07. The summed E-state index contributed by atoms with van der Waals surface area (Å²) in [5, 5.41) is 5.57. The Hall–Kier alpha value is -2.70. The number of aromatic nitrogens is 1. The van der Waals surface area contributed by atoms with Gasteiger partial charge in [0.15, 0.2) is 11.8 Å². The summed E-state index contributed by atoms with van der Waals surface area (Å²) in [7, 11) is 0. The number of carbonyl (C=O) groups is 2. The molecule has 5 nitrogen and oxygen atoms in total. The van der Waals surface area contributed by atoms with Gasteiger partial charge in [0.25, 0.3) is 5.91 Å². The molecule has 0 aliphatic rings. The average molecular weight is 387 g/mol. The first kappa shape index (κ1) is 18.1. The molecule has 0 radical (unpaired) electrons. The Kier molecular flexibility index (Phi) is 5.65. The van der Waals surface area contributed by atoms with Crippen LogP contribution in [0.2, 0.25) is 5.02 Å². The number of hydrogen-bond acceptors (Lipinski definition) is 5. The quantitative estimate of drug-likeness (QED) is 0.648. The lowest BCUT2D eigenvalue weighted by atomic mass is 10.2. The molecule has 0 unspecified atom stereocenters. The molecule has 0 aliphatic heterocycles. The van der Waals surface area contributed by atoms with Crippen LogP contribution in [0.5, 0.6) is 0 Å². The maximum Gasteiger partial charge on any atom is 0.358 e. The number of benzene rings is 2. The Morgan fingerprint density at radius 3 is 2.50 bits per heavy atom. The van der Waals surface area contributed by atoms with Gasteiger partial charge in [0, 0.05) is 21.7 Å². The van der Waals surface area contributed by atoms with Crippen LogP contribution in [-0.2, 0) is 9.53 Å². The van der Waals surface area contributed by atoms with Crippen molar-refractivity contribution >= 4 is 40.5 Å². The van der Waals surface area contributed by atoms with Gasteiger partial charge >= 0.3 is 5.97 Å². The number of hydrogen-bond donors (Lipinski definition) is 1. The summed E-state index contributed by atoms with van der Waals surface area (Å²) in [5.41, 5.74) is 1.67. The van der Waals surface area contributed by atoms with E-state index in [-0.39, 0.29) is 5.69 Å². The molecule has 132 valence electrons. The van der Waals surface area contributed by atoms with E-state index in [4.69, 9.17) is 16.3 Å². The second kappa shape index (κ2) is 8.12. The zero-order valence-electron chi connectivity index (χ0n) is 13.8. The van der Waals surface area contributed by atoms with Gasteiger partial charge in [-0.3, -0.25) is 4.79 Å². The van der Waals surface area contributed by atoms with Gasteiger partial charge in [-0.1, -0.05) is 41.9 Å². The first-order valence-corrected chi connectivity index (χ1v) is 9.07. The molecular formula is C19H15ClN2O3S. The molecule has 26 heavy (non-hydrogen) atoms. The predicted octanol–water partition coefficient (Wildman–Crippen LogP) is 4.65. The minimum Gasteiger partial charge on any atom is -0.448 e. The van der Waals surface area contributed by atoms with Crippen molar-refractivity contribution < 1.29 is 14.3 Å². The highest BCUT2D eigenvalue weighted by molar-refractivity contribution is 7.13. The Bertz CT molecular complexity index is 910. The van der Waals surface area contributed by atoms with Gasteiger partial charge in [-0.05, 0) is 31.2 Å². The van der Waals surface area contributed by atoms with Crippen molar-refractivity contribution in [1.29, 1.82) is 0 Å². The number of amides is 1. The molecule has 0 fully saturated rings. The number of esters is 1. The van der Waals surface area contributed by atoms with Gasteiger partial charge in [-0.25, -0.2) is 9.78 Å². The minimum absolute atomic E-state index is 0.181. The maximum absolute atomic E-state index is 12.2. The molecule has 7 heteroatoms. The fourth-order valence-corrected chi connectivity index (χ4v) is 3.05. The lowest BCUT2D eigenvalue weighted by Crippen LogP contribution is -2.30. The van der Waals surface area contributed by atoms with Crippen molar-refractivity contribution in [3.63, 3.8) is 0 Å². The average Bonchev–Trinajstić information content (AvgIpc) is 3.14. The first-order valence-electron chi connectivity index (χ1n) is 7.81. The van der Waals surface area contributed by atoms with Crippen molar-refractivity contribution in [2.24, 2.45) is 0 Å². The highest BCUT2D eigenvalue weighted by Crippen LogP contribution is 2.23. The fourth-order valence-electron chi connectivity index (χ4n) is 2.13. The van der Waals surface area contributed by atoms with E-state index in [1.807, 2.05) is 30.3 Å². The van der Waals surface area contributed by atoms with E-state index in [2.05, 4.69) is 10.3 Å². The third-order valence-electron chi connectivity index (χ3n) is 3.50. The molecule has 1 atom stereocenters. The molecule has 0 bridgehead atoms. The molecule has 0 saturated heterocycles. The van der Waals surface area contributed by atoms with E-state index >= 15 is 0 Å². The summed E-state index contributed by atoms with van der Waals surface area (Å²) >= 11 is 7.15. The van der Waals surface area contributed by atoms with Crippen molar-refractivity contribution in [3.8, 4) is 10.6 Å². The van der Waals surface area contributed by atoms with Crippen molar-refractivity contribution in [2.45, 2.75) is 13.0 Å². The number of halogens is 1. The van der Waals surface area contributed by atoms with E-state index in [0.29, 0.717) is 10.7 Å². The van der Waals surface area contributed by atoms with Crippen LogP contribution in [0, 0.1) is 0 Å². The van der Waals surface area contributed by atoms with Gasteiger partial charge in [0.2, 0.25) is 0 Å². The molecular weight excluding hydrogens is 372 g/mol. The second-order valence-corrected chi connectivity index (χ2v) is 6.74. The van der Waals surface area contributed by atoms with Crippen LogP contribution in [0.25, 0.3) is 10.6 Å². The van der Waals surface area contributed by atoms with E-state index < -0.39 is 18.0 Å². The number of nitrogens with zero attached hydrogens (tertiary/aromatic N) is 1. The monoisotopic (exact) mass is 386 g/mol. The van der Waals surface area contributed by atoms with Gasteiger partial charge in [0.1, 0.15) is 5.01 Å². The summed E-state index contributed by atoms with van der Waals surface area (Å²) in [4.78, 5) is 28.7. The summed E-state index contributed by atoms with van der Waals surface area (Å²) in [6.45, 7) is 1.51. The van der Waals surface area contributed by atoms with E-state index in [0.717, 1.165) is 10.6 Å². The van der Waals surface area contributed by atoms with Gasteiger partial charge in [-0.2, -0.15) is 0 Å². The Labute approximate surface area is 159 Å². The molecule has 0 aliphatic carbocycles. The Morgan fingerprint density at radius 1 is 1.12 bits per heavy atom. The van der Waals surface area contributed by atoms with Gasteiger partial charge < -0.3 is 10.1 Å². The summed E-state index contributed by atoms with van der Waals surface area (Å²) in [6.07, 6.45) is -0.958. The van der Waals surface area contributed by atoms with E-state index in [1.165, 1.54) is 18.3 Å². The van der Waals surface area contributed by atoms with Crippen LogP contribution in [0.4, 0.5) is 5.69 Å². The third kappa shape index (κ3) is 4.47. The molecule has 1 N–H and O–H groups in total. The molecule has 2 aromatic carbocycles. The number of nitrogens with one attached hydrogen (secondary N) is 1. The SMILES string of the molecule is C[C@@H](OC(=O)c1csc(-c2ccccc2)n1)C(=O)Nc1ccc(Cl)cc1. The van der Waals surface area contributed by atoms with Crippen molar-refractivity contribution in [2.75, 3.05) is 5.32 Å². The standard InChI is InChI=1S/C19H15ClN2O3S/c1-12(17(23)21-15-9-7-14(20)8-10-15)25-19(24)16-11-26-18(22-16)13-5-3-2-4-6-13/h2-12H,1H3,(H,21,23)/t12-/m1/s1. The molecule has 0 spiro atoms. The predicted molar refractivity (Wildman–Crippen MR) is 103 cm³/mol. The normalized spacial score (nSPS) is 11.6. The first-order chi connectivity index (χ1) is 12.5. The van der Waals surface area contributed by atoms with E-state index in [9.17, 15) is 9.59 Å². The van der Waals surface area contributed by atoms with Crippen LogP contribution in [0.3, 0.4) is 0 Å². The van der Waals surface area contributed by atoms with Crippen LogP contribution >= 0.6 is 22.9 Å². The van der Waals surface area contributed by atoms with Crippen LogP contribution in [0.1, 0.15) is 17.4 Å². The molecule has 1 aromatic heterocycles. The van der Waals surface area contributed by atoms with Crippen molar-refractivity contribution in [3.05, 3.63) is 70.7 Å². The number of ether oxygens (including phenoxy) is 1. The molecule has 1 amide bonds. The molecule has 3 aromatic rings. The minimum atomic E-state index is -0.958. The molecule has 0 saturated carbocycles. The Morgan fingerprint density at radius 2 is 1.81 bits per heavy atom. The van der Waals surface area contributed by atoms with Crippen molar-refractivity contribution in [1.82, 2.24) is 4.98 Å². The summed E-state index contributed by atoms with van der Waals surface area (Å²) < 4.78 is 5.21. The molecule has 3 rings (SSSR count). The maximum atomic E-state index is 12.2. The van der Waals surface area contributed by atoms with Crippen LogP contribution in [-0.4, -0.2) is 23.0 Å². The van der Waals surface area contributed by atoms with Gasteiger partial charge in [-0.15, -0.1) is 11.3 Å². The zero-order valence-corrected chi connectivity index (χ0v) is 15.4. The lowest BCUT2D eigenvalue weighted by Gasteiger charge is -2.12. The number of thiazole rings is 1.